The van der Waals surface area contributed by atoms with Gasteiger partial charge in [-0.25, -0.2) is 4.79 Å². The van der Waals surface area contributed by atoms with Crippen LogP contribution in [-0.2, 0) is 4.79 Å². The topological polar surface area (TPSA) is 37.3 Å². The van der Waals surface area contributed by atoms with Crippen molar-refractivity contribution in [2.24, 2.45) is 34.0 Å². The average Bonchev–Trinajstić information content (AvgIpc) is 2.84. The van der Waals surface area contributed by atoms with Crippen LogP contribution in [0, 0.1) is 34.0 Å². The highest BCUT2D eigenvalue weighted by Crippen LogP contribution is 2.71. The van der Waals surface area contributed by atoms with E-state index in [4.69, 9.17) is 0 Å². The van der Waals surface area contributed by atoms with Crippen molar-refractivity contribution >= 4 is 5.97 Å². The molecule has 0 aliphatic heterocycles. The van der Waals surface area contributed by atoms with Gasteiger partial charge in [-0.3, -0.25) is 0 Å². The Balaban J connectivity index is 2.13. The fourth-order valence-corrected chi connectivity index (χ4v) is 6.66. The molecule has 1 N–H and O–H groups in total. The van der Waals surface area contributed by atoms with Crippen molar-refractivity contribution < 1.29 is 9.90 Å². The van der Waals surface area contributed by atoms with Gasteiger partial charge in [-0.1, -0.05) is 66.4 Å². The lowest BCUT2D eigenvalue weighted by Crippen LogP contribution is -2.37. The Labute approximate surface area is 154 Å². The summed E-state index contributed by atoms with van der Waals surface area (Å²) < 4.78 is 0. The van der Waals surface area contributed by atoms with E-state index in [2.05, 4.69) is 41.5 Å². The molecule has 0 saturated heterocycles. The third kappa shape index (κ3) is 2.88. The molecule has 2 bridgehead atoms. The summed E-state index contributed by atoms with van der Waals surface area (Å²) >= 11 is 0. The minimum Gasteiger partial charge on any atom is -0.478 e. The van der Waals surface area contributed by atoms with E-state index in [1.165, 1.54) is 44.1 Å². The van der Waals surface area contributed by atoms with Gasteiger partial charge in [0.2, 0.25) is 0 Å². The Morgan fingerprint density at radius 1 is 1.00 bits per heavy atom. The second-order valence-electron chi connectivity index (χ2n) is 10.9. The monoisotopic (exact) mass is 346 g/mol. The molecule has 3 unspecified atom stereocenters. The van der Waals surface area contributed by atoms with Gasteiger partial charge in [-0.2, -0.15) is 0 Å². The van der Waals surface area contributed by atoms with Gasteiger partial charge in [0, 0.05) is 5.57 Å². The molecule has 0 radical (unpaired) electrons. The summed E-state index contributed by atoms with van der Waals surface area (Å²) in [5.74, 6) is 0.822. The number of carbonyl (C=O) groups is 1. The van der Waals surface area contributed by atoms with Crippen LogP contribution < -0.4 is 0 Å². The zero-order valence-corrected chi connectivity index (χ0v) is 17.2. The number of fused-ring (bicyclic) bond motifs is 2. The number of aliphatic carboxylic acids is 1. The highest BCUT2D eigenvalue weighted by Gasteiger charge is 2.63. The van der Waals surface area contributed by atoms with Crippen LogP contribution in [0.25, 0.3) is 0 Å². The van der Waals surface area contributed by atoms with Crippen LogP contribution in [0.15, 0.2) is 11.1 Å². The first-order valence-electron chi connectivity index (χ1n) is 10.5. The van der Waals surface area contributed by atoms with Crippen molar-refractivity contribution in [3.05, 3.63) is 11.1 Å². The number of rotatable bonds is 3. The second kappa shape index (κ2) is 6.13. The average molecular weight is 347 g/mol. The lowest BCUT2D eigenvalue weighted by molar-refractivity contribution is -0.133. The molecule has 3 rings (SSSR count). The molecular weight excluding hydrogens is 308 g/mol. The maximum atomic E-state index is 12.5. The van der Waals surface area contributed by atoms with Crippen molar-refractivity contribution in [1.29, 1.82) is 0 Å². The van der Waals surface area contributed by atoms with Gasteiger partial charge in [0.15, 0.2) is 0 Å². The van der Waals surface area contributed by atoms with E-state index in [1.807, 2.05) is 0 Å². The van der Waals surface area contributed by atoms with Gasteiger partial charge in [0.05, 0.1) is 0 Å². The lowest BCUT2D eigenvalue weighted by Gasteiger charge is -2.45. The van der Waals surface area contributed by atoms with Crippen LogP contribution in [0.2, 0.25) is 0 Å². The van der Waals surface area contributed by atoms with Crippen LogP contribution in [0.5, 0.6) is 0 Å². The van der Waals surface area contributed by atoms with E-state index >= 15 is 0 Å². The number of hydrogen-bond acceptors (Lipinski definition) is 1. The summed E-state index contributed by atoms with van der Waals surface area (Å²) in [4.78, 5) is 12.5. The molecule has 2 nitrogen and oxygen atoms in total. The SMILES string of the molecule is CC(C)(C)C(=C(C(=O)O)C1CCCCC1)C1CC2CCC1(C)C2(C)C. The van der Waals surface area contributed by atoms with Crippen molar-refractivity contribution in [2.75, 3.05) is 0 Å². The third-order valence-electron chi connectivity index (χ3n) is 8.48. The highest BCUT2D eigenvalue weighted by molar-refractivity contribution is 5.88. The molecule has 3 aliphatic carbocycles. The van der Waals surface area contributed by atoms with E-state index in [0.717, 1.165) is 24.3 Å². The lowest BCUT2D eigenvalue weighted by atomic mass is 9.59. The van der Waals surface area contributed by atoms with E-state index in [0.29, 0.717) is 11.3 Å². The Morgan fingerprint density at radius 2 is 1.60 bits per heavy atom. The van der Waals surface area contributed by atoms with Gasteiger partial charge in [-0.05, 0) is 66.1 Å². The van der Waals surface area contributed by atoms with E-state index < -0.39 is 5.97 Å². The Morgan fingerprint density at radius 3 is 2.00 bits per heavy atom. The molecule has 3 aliphatic rings. The van der Waals surface area contributed by atoms with Gasteiger partial charge in [0.25, 0.3) is 0 Å². The molecule has 3 saturated carbocycles. The van der Waals surface area contributed by atoms with Crippen LogP contribution in [0.3, 0.4) is 0 Å². The molecule has 0 spiro atoms. The predicted molar refractivity (Wildman–Crippen MR) is 103 cm³/mol. The van der Waals surface area contributed by atoms with Crippen molar-refractivity contribution in [3.8, 4) is 0 Å². The number of carboxylic acids is 1. The zero-order valence-electron chi connectivity index (χ0n) is 17.2. The molecule has 3 atom stereocenters. The Kier molecular flexibility index (Phi) is 4.66. The first-order chi connectivity index (χ1) is 11.5. The minimum absolute atomic E-state index is 0.0700. The van der Waals surface area contributed by atoms with Gasteiger partial charge in [0.1, 0.15) is 0 Å². The third-order valence-corrected chi connectivity index (χ3v) is 8.48. The number of hydrogen-bond donors (Lipinski definition) is 1. The minimum atomic E-state index is -0.638. The quantitative estimate of drug-likeness (QED) is 0.596. The summed E-state index contributed by atoms with van der Waals surface area (Å²) in [6.07, 6.45) is 9.55. The van der Waals surface area contributed by atoms with E-state index in [1.54, 1.807) is 0 Å². The van der Waals surface area contributed by atoms with E-state index in [-0.39, 0.29) is 16.7 Å². The maximum absolute atomic E-state index is 12.5. The van der Waals surface area contributed by atoms with E-state index in [9.17, 15) is 9.90 Å². The normalized spacial score (nSPS) is 36.4. The van der Waals surface area contributed by atoms with Gasteiger partial charge < -0.3 is 5.11 Å². The fraction of sp³-hybridized carbons (Fsp3) is 0.870. The van der Waals surface area contributed by atoms with Crippen molar-refractivity contribution in [2.45, 2.75) is 92.9 Å². The molecule has 0 aromatic rings. The molecule has 25 heavy (non-hydrogen) atoms. The van der Waals surface area contributed by atoms with Gasteiger partial charge in [-0.15, -0.1) is 0 Å². The van der Waals surface area contributed by atoms with Crippen molar-refractivity contribution in [1.82, 2.24) is 0 Å². The summed E-state index contributed by atoms with van der Waals surface area (Å²) in [6.45, 7) is 14.1. The molecule has 3 fully saturated rings. The number of carboxylic acid groups (broad SMARTS) is 1. The van der Waals surface area contributed by atoms with Gasteiger partial charge >= 0.3 is 5.97 Å². The fourth-order valence-electron chi connectivity index (χ4n) is 6.66. The smallest absolute Gasteiger partial charge is 0.331 e. The highest BCUT2D eigenvalue weighted by atomic mass is 16.4. The summed E-state index contributed by atoms with van der Waals surface area (Å²) in [5.41, 5.74) is 2.60. The molecule has 0 heterocycles. The molecular formula is C23H38O2. The first kappa shape index (κ1) is 19.0. The van der Waals surface area contributed by atoms with Crippen LogP contribution in [-0.4, -0.2) is 11.1 Å². The molecule has 142 valence electrons. The van der Waals surface area contributed by atoms with Crippen LogP contribution in [0.4, 0.5) is 0 Å². The van der Waals surface area contributed by atoms with Crippen LogP contribution >= 0.6 is 0 Å². The standard InChI is InChI=1S/C23H38O2/c1-21(2,3)19(18(20(24)25)15-10-8-7-9-11-15)17-14-16-12-13-23(17,6)22(16,4)5/h15-17H,7-14H2,1-6H3,(H,24,25). The summed E-state index contributed by atoms with van der Waals surface area (Å²) in [7, 11) is 0. The van der Waals surface area contributed by atoms with Crippen molar-refractivity contribution in [3.63, 3.8) is 0 Å². The molecule has 0 amide bonds. The molecule has 0 aromatic carbocycles. The Hall–Kier alpha value is -0.790. The summed E-state index contributed by atoms with van der Waals surface area (Å²) in [6, 6.07) is 0. The first-order valence-corrected chi connectivity index (χ1v) is 10.5. The maximum Gasteiger partial charge on any atom is 0.331 e. The Bertz CT molecular complexity index is 571. The predicted octanol–water partition coefficient (Wildman–Crippen LogP) is 6.46. The van der Waals surface area contributed by atoms with Crippen LogP contribution in [0.1, 0.15) is 92.9 Å². The zero-order chi connectivity index (χ0) is 18.6. The largest absolute Gasteiger partial charge is 0.478 e. The number of allylic oxidation sites excluding steroid dienone is 1. The molecule has 0 aromatic heterocycles. The molecule has 2 heteroatoms. The summed E-state index contributed by atoms with van der Waals surface area (Å²) in [5, 5.41) is 10.2. The second-order valence-corrected chi connectivity index (χ2v) is 10.9.